The van der Waals surface area contributed by atoms with Crippen LogP contribution in [0.1, 0.15) is 5.69 Å². The van der Waals surface area contributed by atoms with Gasteiger partial charge in [0.25, 0.3) is 0 Å². The number of phenolic OH excluding ortho intramolecular Hbond substituents is 1. The van der Waals surface area contributed by atoms with Gasteiger partial charge in [-0.3, -0.25) is 4.98 Å². The molecule has 1 aromatic heterocycles. The molecule has 1 fully saturated rings. The number of aliphatic hydroxyl groups is 2. The number of likely N-dealkylation sites (N-methyl/N-ethyl adjacent to an activating group) is 1. The Morgan fingerprint density at radius 3 is 2.69 bits per heavy atom. The first-order valence-electron chi connectivity index (χ1n) is 8.79. The van der Waals surface area contributed by atoms with Crippen molar-refractivity contribution in [3.8, 4) is 5.75 Å². The number of hydrogen-bond donors (Lipinski definition) is 4. The summed E-state index contributed by atoms with van der Waals surface area (Å²) < 4.78 is 43.9. The van der Waals surface area contributed by atoms with Crippen molar-refractivity contribution in [2.75, 3.05) is 30.4 Å². The largest absolute Gasteiger partial charge is 0.508 e. The molecule has 1 aliphatic heterocycles. The van der Waals surface area contributed by atoms with Crippen LogP contribution >= 0.6 is 0 Å². The van der Waals surface area contributed by atoms with Gasteiger partial charge < -0.3 is 30.3 Å². The van der Waals surface area contributed by atoms with Crippen molar-refractivity contribution in [2.45, 2.75) is 30.5 Å². The number of halogens is 3. The molecule has 29 heavy (non-hydrogen) atoms. The van der Waals surface area contributed by atoms with Crippen molar-refractivity contribution in [1.29, 1.82) is 0 Å². The van der Waals surface area contributed by atoms with E-state index in [-0.39, 0.29) is 24.7 Å². The lowest BCUT2D eigenvalue weighted by molar-refractivity contribution is -0.141. The van der Waals surface area contributed by atoms with E-state index >= 15 is 0 Å². The Hall–Kier alpha value is -2.63. The van der Waals surface area contributed by atoms with E-state index in [0.717, 1.165) is 6.20 Å². The van der Waals surface area contributed by atoms with Crippen LogP contribution in [-0.4, -0.2) is 69.8 Å². The van der Waals surface area contributed by atoms with Gasteiger partial charge in [-0.15, -0.1) is 0 Å². The maximum Gasteiger partial charge on any atom is 0.434 e. The van der Waals surface area contributed by atoms with Gasteiger partial charge in [0.1, 0.15) is 29.9 Å². The highest BCUT2D eigenvalue weighted by molar-refractivity contribution is 5.49. The molecule has 4 atom stereocenters. The molecule has 1 aliphatic rings. The Morgan fingerprint density at radius 1 is 1.24 bits per heavy atom. The number of nitrogens with zero attached hydrogens (tertiary/aromatic N) is 3. The van der Waals surface area contributed by atoms with Crippen LogP contribution in [0.5, 0.6) is 5.75 Å². The lowest BCUT2D eigenvalue weighted by Gasteiger charge is -2.39. The first kappa shape index (κ1) is 21.1. The fourth-order valence-electron chi connectivity index (χ4n) is 3.04. The molecule has 1 aromatic carbocycles. The van der Waals surface area contributed by atoms with E-state index in [1.165, 1.54) is 6.07 Å². The third-order valence-corrected chi connectivity index (χ3v) is 4.62. The lowest BCUT2D eigenvalue weighted by Crippen LogP contribution is -2.58. The van der Waals surface area contributed by atoms with Gasteiger partial charge in [-0.05, 0) is 12.1 Å². The van der Waals surface area contributed by atoms with Gasteiger partial charge in [0.15, 0.2) is 5.69 Å². The minimum Gasteiger partial charge on any atom is -0.508 e. The highest BCUT2D eigenvalue weighted by atomic mass is 19.4. The summed E-state index contributed by atoms with van der Waals surface area (Å²) in [4.78, 5) is 8.68. The third-order valence-electron chi connectivity index (χ3n) is 4.62. The maximum atomic E-state index is 12.8. The summed E-state index contributed by atoms with van der Waals surface area (Å²) in [6.45, 7) is 0.159. The number of aliphatic hydroxyl groups excluding tert-OH is 2. The highest BCUT2D eigenvalue weighted by Crippen LogP contribution is 2.28. The summed E-state index contributed by atoms with van der Waals surface area (Å²) in [6, 6.07) is 5.64. The summed E-state index contributed by atoms with van der Waals surface area (Å²) in [6.07, 6.45) is -6.30. The van der Waals surface area contributed by atoms with Crippen LogP contribution in [0.25, 0.3) is 0 Å². The molecule has 0 saturated carbocycles. The zero-order valence-electron chi connectivity index (χ0n) is 15.4. The van der Waals surface area contributed by atoms with E-state index in [1.54, 1.807) is 30.1 Å². The van der Waals surface area contributed by atoms with Gasteiger partial charge in [-0.1, -0.05) is 6.07 Å². The number of ether oxygens (including phenoxy) is 1. The Bertz CT molecular complexity index is 839. The predicted molar refractivity (Wildman–Crippen MR) is 97.6 cm³/mol. The fraction of sp³-hybridized carbons (Fsp3) is 0.444. The molecule has 2 heterocycles. The minimum atomic E-state index is -4.65. The van der Waals surface area contributed by atoms with Crippen LogP contribution in [0.15, 0.2) is 36.7 Å². The third kappa shape index (κ3) is 5.05. The quantitative estimate of drug-likeness (QED) is 0.579. The van der Waals surface area contributed by atoms with E-state index in [0.29, 0.717) is 11.9 Å². The second kappa shape index (κ2) is 8.39. The number of aromatic hydroxyl groups is 1. The molecule has 4 N–H and O–H groups in total. The van der Waals surface area contributed by atoms with Crippen molar-refractivity contribution in [3.63, 3.8) is 0 Å². The molecule has 0 radical (unpaired) electrons. The predicted octanol–water partition coefficient (Wildman–Crippen LogP) is 1.24. The van der Waals surface area contributed by atoms with Crippen LogP contribution in [0.2, 0.25) is 0 Å². The molecule has 11 heteroatoms. The number of benzene rings is 1. The number of phenols is 1. The standard InChI is InChI=1S/C18H21F3N4O4/c1-25(10-3-2-4-11(26)5-10)8-13-17(28)16(27)12(9-29-13)23-15-7-22-6-14(24-15)18(19,20)21/h2-7,12-13,16-17,26-28H,8-9H2,1H3,(H,23,24)/t12-,13+,16+,17-/m0/s1. The molecule has 0 unspecified atom stereocenters. The first-order valence-corrected chi connectivity index (χ1v) is 8.79. The Balaban J connectivity index is 1.63. The van der Waals surface area contributed by atoms with E-state index in [1.807, 2.05) is 0 Å². The number of hydrogen-bond acceptors (Lipinski definition) is 8. The monoisotopic (exact) mass is 414 g/mol. The summed E-state index contributed by atoms with van der Waals surface area (Å²) in [5, 5.41) is 33.0. The van der Waals surface area contributed by atoms with Crippen LogP contribution in [0, 0.1) is 0 Å². The highest BCUT2D eigenvalue weighted by Gasteiger charge is 2.39. The minimum absolute atomic E-state index is 0.0608. The molecule has 0 amide bonds. The van der Waals surface area contributed by atoms with Crippen LogP contribution in [0.4, 0.5) is 24.7 Å². The molecule has 1 saturated heterocycles. The van der Waals surface area contributed by atoms with Gasteiger partial charge in [-0.25, -0.2) is 4.98 Å². The topological polar surface area (TPSA) is 111 Å². The maximum absolute atomic E-state index is 12.8. The Labute approximate surface area is 164 Å². The molecule has 0 bridgehead atoms. The van der Waals surface area contributed by atoms with Crippen LogP contribution in [-0.2, 0) is 10.9 Å². The summed E-state index contributed by atoms with van der Waals surface area (Å²) in [7, 11) is 1.74. The molecular weight excluding hydrogens is 393 g/mol. The zero-order valence-corrected chi connectivity index (χ0v) is 15.4. The first-order chi connectivity index (χ1) is 13.6. The molecule has 0 aliphatic carbocycles. The molecular formula is C18H21F3N4O4. The number of anilines is 2. The molecule has 0 spiro atoms. The second-order valence-electron chi connectivity index (χ2n) is 6.79. The van der Waals surface area contributed by atoms with E-state index in [4.69, 9.17) is 4.74 Å². The van der Waals surface area contributed by atoms with Gasteiger partial charge in [0.2, 0.25) is 0 Å². The van der Waals surface area contributed by atoms with Gasteiger partial charge in [0, 0.05) is 25.3 Å². The summed E-state index contributed by atoms with van der Waals surface area (Å²) in [5.41, 5.74) is -0.477. The van der Waals surface area contributed by atoms with E-state index in [2.05, 4.69) is 15.3 Å². The van der Waals surface area contributed by atoms with Crippen molar-refractivity contribution >= 4 is 11.5 Å². The zero-order chi connectivity index (χ0) is 21.2. The molecule has 3 rings (SSSR count). The van der Waals surface area contributed by atoms with E-state index in [9.17, 15) is 28.5 Å². The molecule has 158 valence electrons. The van der Waals surface area contributed by atoms with Gasteiger partial charge >= 0.3 is 6.18 Å². The molecule has 2 aromatic rings. The Morgan fingerprint density at radius 2 is 2.00 bits per heavy atom. The van der Waals surface area contributed by atoms with Crippen molar-refractivity contribution in [1.82, 2.24) is 9.97 Å². The summed E-state index contributed by atoms with van der Waals surface area (Å²) in [5.74, 6) is -0.0963. The van der Waals surface area contributed by atoms with Crippen molar-refractivity contribution < 1.29 is 33.2 Å². The lowest BCUT2D eigenvalue weighted by atomic mass is 9.97. The normalized spacial score (nSPS) is 24.9. The number of aromatic nitrogens is 2. The van der Waals surface area contributed by atoms with Crippen LogP contribution < -0.4 is 10.2 Å². The van der Waals surface area contributed by atoms with Crippen molar-refractivity contribution in [2.24, 2.45) is 0 Å². The average Bonchev–Trinajstić information content (AvgIpc) is 2.67. The smallest absolute Gasteiger partial charge is 0.434 e. The van der Waals surface area contributed by atoms with Gasteiger partial charge in [0.05, 0.1) is 25.0 Å². The van der Waals surface area contributed by atoms with Gasteiger partial charge in [-0.2, -0.15) is 13.2 Å². The van der Waals surface area contributed by atoms with Crippen molar-refractivity contribution in [3.05, 3.63) is 42.4 Å². The fourth-order valence-corrected chi connectivity index (χ4v) is 3.04. The molecule has 8 nitrogen and oxygen atoms in total. The SMILES string of the molecule is CN(C[C@H]1OC[C@H](Nc2cncc(C(F)(F)F)n2)[C@@H](O)[C@H]1O)c1cccc(O)c1. The summed E-state index contributed by atoms with van der Waals surface area (Å²) >= 11 is 0. The number of nitrogens with one attached hydrogen (secondary N) is 1. The number of rotatable bonds is 5. The number of alkyl halides is 3. The average molecular weight is 414 g/mol. The second-order valence-corrected chi connectivity index (χ2v) is 6.79. The van der Waals surface area contributed by atoms with Crippen LogP contribution in [0.3, 0.4) is 0 Å². The van der Waals surface area contributed by atoms with E-state index < -0.39 is 36.2 Å². The Kier molecular flexibility index (Phi) is 6.10.